The molecule has 1 aromatic heterocycles. The number of hydrogen-bond donors (Lipinski definition) is 2. The normalized spacial score (nSPS) is 12.9. The Balaban J connectivity index is 2.85. The predicted molar refractivity (Wildman–Crippen MR) is 45.7 cm³/mol. The second-order valence-corrected chi connectivity index (χ2v) is 2.67. The van der Waals surface area contributed by atoms with Crippen LogP contribution in [0.3, 0.4) is 0 Å². The third-order valence-corrected chi connectivity index (χ3v) is 1.68. The van der Waals surface area contributed by atoms with Crippen LogP contribution in [0.2, 0.25) is 0 Å². The van der Waals surface area contributed by atoms with E-state index in [0.29, 0.717) is 12.4 Å². The molecule has 0 spiro atoms. The number of aromatic nitrogens is 2. The van der Waals surface area contributed by atoms with Gasteiger partial charge in [-0.1, -0.05) is 0 Å². The van der Waals surface area contributed by atoms with Crippen molar-refractivity contribution in [2.24, 2.45) is 5.73 Å². The minimum Gasteiger partial charge on any atom is -0.396 e. The molecule has 1 aromatic rings. The van der Waals surface area contributed by atoms with Gasteiger partial charge in [0.2, 0.25) is 0 Å². The summed E-state index contributed by atoms with van der Waals surface area (Å²) in [6.45, 7) is 2.26. The van der Waals surface area contributed by atoms with Crippen molar-refractivity contribution in [3.8, 4) is 0 Å². The number of rotatable bonds is 3. The van der Waals surface area contributed by atoms with E-state index in [0.717, 1.165) is 5.69 Å². The van der Waals surface area contributed by atoms with E-state index in [2.05, 4.69) is 9.97 Å². The molecule has 0 saturated heterocycles. The Morgan fingerprint density at radius 2 is 2.42 bits per heavy atom. The highest BCUT2D eigenvalue weighted by molar-refractivity contribution is 5.04. The molecule has 0 aliphatic heterocycles. The molecule has 0 aromatic carbocycles. The van der Waals surface area contributed by atoms with Crippen LogP contribution in [0.1, 0.15) is 17.4 Å². The van der Waals surface area contributed by atoms with E-state index in [1.165, 1.54) is 0 Å². The fraction of sp³-hybridized carbons (Fsp3) is 0.500. The molecule has 3 N–H and O–H groups in total. The van der Waals surface area contributed by atoms with Crippen LogP contribution < -0.4 is 5.73 Å². The molecule has 0 amide bonds. The second-order valence-electron chi connectivity index (χ2n) is 2.67. The SMILES string of the molecule is Cc1ccnc(C(CN)CO)n1. The predicted octanol–water partition coefficient (Wildman–Crippen LogP) is -0.180. The molecule has 66 valence electrons. The second kappa shape index (κ2) is 4.13. The Kier molecular flexibility index (Phi) is 3.13. The first-order valence-corrected chi connectivity index (χ1v) is 3.88. The Morgan fingerprint density at radius 1 is 1.67 bits per heavy atom. The highest BCUT2D eigenvalue weighted by Crippen LogP contribution is 2.07. The Hall–Kier alpha value is -1.00. The lowest BCUT2D eigenvalue weighted by Gasteiger charge is -2.09. The van der Waals surface area contributed by atoms with Gasteiger partial charge in [0.05, 0.1) is 12.5 Å². The van der Waals surface area contributed by atoms with E-state index in [9.17, 15) is 0 Å². The summed E-state index contributed by atoms with van der Waals surface area (Å²) in [5, 5.41) is 8.91. The molecular weight excluding hydrogens is 154 g/mol. The monoisotopic (exact) mass is 167 g/mol. The summed E-state index contributed by atoms with van der Waals surface area (Å²) >= 11 is 0. The van der Waals surface area contributed by atoms with Crippen LogP contribution in [0.15, 0.2) is 12.3 Å². The molecule has 4 nitrogen and oxygen atoms in total. The zero-order valence-electron chi connectivity index (χ0n) is 7.07. The van der Waals surface area contributed by atoms with E-state index < -0.39 is 0 Å². The first kappa shape index (κ1) is 9.09. The van der Waals surface area contributed by atoms with Gasteiger partial charge in [0, 0.05) is 18.4 Å². The van der Waals surface area contributed by atoms with Crippen molar-refractivity contribution in [2.75, 3.05) is 13.2 Å². The topological polar surface area (TPSA) is 72.0 Å². The van der Waals surface area contributed by atoms with Gasteiger partial charge in [-0.05, 0) is 13.0 Å². The molecule has 1 atom stereocenters. The van der Waals surface area contributed by atoms with Gasteiger partial charge in [0.1, 0.15) is 5.82 Å². The summed E-state index contributed by atoms with van der Waals surface area (Å²) < 4.78 is 0. The average molecular weight is 167 g/mol. The van der Waals surface area contributed by atoms with Crippen LogP contribution in [0.25, 0.3) is 0 Å². The van der Waals surface area contributed by atoms with E-state index in [1.807, 2.05) is 13.0 Å². The molecule has 1 rings (SSSR count). The number of nitrogens with two attached hydrogens (primary N) is 1. The molecule has 4 heteroatoms. The Bertz CT molecular complexity index is 248. The van der Waals surface area contributed by atoms with Gasteiger partial charge < -0.3 is 10.8 Å². The maximum absolute atomic E-state index is 8.91. The van der Waals surface area contributed by atoms with Crippen molar-refractivity contribution in [2.45, 2.75) is 12.8 Å². The number of hydrogen-bond acceptors (Lipinski definition) is 4. The molecule has 12 heavy (non-hydrogen) atoms. The summed E-state index contributed by atoms with van der Waals surface area (Å²) in [5.41, 5.74) is 6.32. The van der Waals surface area contributed by atoms with Crippen LogP contribution in [0.5, 0.6) is 0 Å². The molecule has 0 fully saturated rings. The van der Waals surface area contributed by atoms with Crippen LogP contribution >= 0.6 is 0 Å². The number of aryl methyl sites for hydroxylation is 1. The number of nitrogens with zero attached hydrogens (tertiary/aromatic N) is 2. The molecule has 0 saturated carbocycles. The van der Waals surface area contributed by atoms with Crippen molar-refractivity contribution in [3.63, 3.8) is 0 Å². The summed E-state index contributed by atoms with van der Waals surface area (Å²) in [6.07, 6.45) is 1.68. The minimum atomic E-state index is -0.134. The summed E-state index contributed by atoms with van der Waals surface area (Å²) in [4.78, 5) is 8.19. The van der Waals surface area contributed by atoms with Gasteiger partial charge in [-0.2, -0.15) is 0 Å². The zero-order valence-corrected chi connectivity index (χ0v) is 7.07. The fourth-order valence-electron chi connectivity index (χ4n) is 0.927. The molecule has 0 aliphatic carbocycles. The van der Waals surface area contributed by atoms with Crippen LogP contribution in [0, 0.1) is 6.92 Å². The van der Waals surface area contributed by atoms with E-state index in [4.69, 9.17) is 10.8 Å². The summed E-state index contributed by atoms with van der Waals surface area (Å²) in [7, 11) is 0. The maximum Gasteiger partial charge on any atom is 0.135 e. The van der Waals surface area contributed by atoms with Crippen LogP contribution in [-0.2, 0) is 0 Å². The lowest BCUT2D eigenvalue weighted by Crippen LogP contribution is -2.18. The molecule has 1 heterocycles. The highest BCUT2D eigenvalue weighted by atomic mass is 16.3. The standard InChI is InChI=1S/C8H13N3O/c1-6-2-3-10-8(11-6)7(4-9)5-12/h2-3,7,12H,4-5,9H2,1H3. The number of aliphatic hydroxyl groups is 1. The first-order chi connectivity index (χ1) is 5.77. The van der Waals surface area contributed by atoms with Crippen molar-refractivity contribution < 1.29 is 5.11 Å². The van der Waals surface area contributed by atoms with Gasteiger partial charge in [-0.15, -0.1) is 0 Å². The van der Waals surface area contributed by atoms with Gasteiger partial charge in [0.15, 0.2) is 0 Å². The summed E-state index contributed by atoms with van der Waals surface area (Å²) in [6, 6.07) is 1.81. The van der Waals surface area contributed by atoms with E-state index in [1.54, 1.807) is 6.20 Å². The van der Waals surface area contributed by atoms with Gasteiger partial charge in [-0.25, -0.2) is 9.97 Å². The molecule has 0 bridgehead atoms. The smallest absolute Gasteiger partial charge is 0.135 e. The minimum absolute atomic E-state index is 0.0000463. The van der Waals surface area contributed by atoms with Crippen molar-refractivity contribution in [3.05, 3.63) is 23.8 Å². The van der Waals surface area contributed by atoms with E-state index >= 15 is 0 Å². The van der Waals surface area contributed by atoms with E-state index in [-0.39, 0.29) is 12.5 Å². The zero-order chi connectivity index (χ0) is 8.97. The fourth-order valence-corrected chi connectivity index (χ4v) is 0.927. The molecule has 1 unspecified atom stereocenters. The lowest BCUT2D eigenvalue weighted by molar-refractivity contribution is 0.263. The van der Waals surface area contributed by atoms with Crippen molar-refractivity contribution in [1.82, 2.24) is 9.97 Å². The largest absolute Gasteiger partial charge is 0.396 e. The van der Waals surface area contributed by atoms with Crippen molar-refractivity contribution >= 4 is 0 Å². The lowest BCUT2D eigenvalue weighted by atomic mass is 10.1. The third kappa shape index (κ3) is 1.99. The van der Waals surface area contributed by atoms with Crippen molar-refractivity contribution in [1.29, 1.82) is 0 Å². The molecule has 0 aliphatic rings. The Morgan fingerprint density at radius 3 is 2.92 bits per heavy atom. The quantitative estimate of drug-likeness (QED) is 0.655. The Labute approximate surface area is 71.5 Å². The first-order valence-electron chi connectivity index (χ1n) is 3.88. The van der Waals surface area contributed by atoms with Gasteiger partial charge in [-0.3, -0.25) is 0 Å². The highest BCUT2D eigenvalue weighted by Gasteiger charge is 2.10. The third-order valence-electron chi connectivity index (χ3n) is 1.68. The van der Waals surface area contributed by atoms with Gasteiger partial charge in [0.25, 0.3) is 0 Å². The van der Waals surface area contributed by atoms with Gasteiger partial charge >= 0.3 is 0 Å². The maximum atomic E-state index is 8.91. The summed E-state index contributed by atoms with van der Waals surface area (Å²) in [5.74, 6) is 0.491. The molecule has 0 radical (unpaired) electrons. The van der Waals surface area contributed by atoms with Crippen LogP contribution in [0.4, 0.5) is 0 Å². The molecular formula is C8H13N3O. The number of aliphatic hydroxyl groups excluding tert-OH is 1. The van der Waals surface area contributed by atoms with Crippen LogP contribution in [-0.4, -0.2) is 28.2 Å². The average Bonchev–Trinajstić information content (AvgIpc) is 2.07.